The van der Waals surface area contributed by atoms with Gasteiger partial charge in [-0.05, 0) is 49.2 Å². The van der Waals surface area contributed by atoms with Gasteiger partial charge in [0.05, 0.1) is 11.1 Å². The van der Waals surface area contributed by atoms with Crippen molar-refractivity contribution >= 4 is 11.6 Å². The zero-order valence-electron chi connectivity index (χ0n) is 10.9. The smallest absolute Gasteiger partial charge is 0.0640 e. The van der Waals surface area contributed by atoms with Crippen LogP contribution in [0.5, 0.6) is 0 Å². The fourth-order valence-corrected chi connectivity index (χ4v) is 2.29. The lowest BCUT2D eigenvalue weighted by atomic mass is 9.96. The van der Waals surface area contributed by atoms with E-state index in [4.69, 9.17) is 11.6 Å². The molecule has 18 heavy (non-hydrogen) atoms. The lowest BCUT2D eigenvalue weighted by Crippen LogP contribution is -2.18. The lowest BCUT2D eigenvalue weighted by molar-refractivity contribution is 0.690. The maximum Gasteiger partial charge on any atom is 0.0640 e. The fourth-order valence-electron chi connectivity index (χ4n) is 2.07. The number of rotatable bonds is 3. The van der Waals surface area contributed by atoms with Gasteiger partial charge in [0.1, 0.15) is 0 Å². The van der Waals surface area contributed by atoms with Gasteiger partial charge in [-0.1, -0.05) is 29.8 Å². The van der Waals surface area contributed by atoms with Crippen LogP contribution in [0.25, 0.3) is 0 Å². The summed E-state index contributed by atoms with van der Waals surface area (Å²) in [6.07, 6.45) is 3.45. The second-order valence-electron chi connectivity index (χ2n) is 4.46. The molecule has 0 amide bonds. The van der Waals surface area contributed by atoms with E-state index < -0.39 is 0 Å². The molecule has 1 unspecified atom stereocenters. The van der Waals surface area contributed by atoms with Crippen LogP contribution in [0, 0.1) is 13.8 Å². The Morgan fingerprint density at radius 3 is 2.56 bits per heavy atom. The Kier molecular flexibility index (Phi) is 4.00. The molecule has 1 aromatic carbocycles. The predicted octanol–water partition coefficient (Wildman–Crippen LogP) is 3.66. The fraction of sp³-hybridized carbons (Fsp3) is 0.267. The molecule has 3 heteroatoms. The van der Waals surface area contributed by atoms with E-state index in [0.717, 1.165) is 5.56 Å². The summed E-state index contributed by atoms with van der Waals surface area (Å²) in [5.41, 5.74) is 4.86. The van der Waals surface area contributed by atoms with E-state index in [1.165, 1.54) is 16.7 Å². The number of hydrogen-bond donors (Lipinski definition) is 1. The first-order chi connectivity index (χ1) is 8.63. The summed E-state index contributed by atoms with van der Waals surface area (Å²) >= 11 is 6.22. The molecule has 1 aromatic heterocycles. The van der Waals surface area contributed by atoms with Gasteiger partial charge in [-0.25, -0.2) is 0 Å². The summed E-state index contributed by atoms with van der Waals surface area (Å²) < 4.78 is 0. The minimum absolute atomic E-state index is 0.0970. The molecule has 0 aliphatic carbocycles. The average molecular weight is 261 g/mol. The van der Waals surface area contributed by atoms with Crippen molar-refractivity contribution in [2.75, 3.05) is 7.05 Å². The number of nitrogens with one attached hydrogen (secondary N) is 1. The molecule has 0 saturated heterocycles. The highest BCUT2D eigenvalue weighted by Gasteiger charge is 2.15. The van der Waals surface area contributed by atoms with Crippen molar-refractivity contribution in [1.82, 2.24) is 10.3 Å². The standard InChI is InChI=1S/C15H17ClN2/c1-10-4-5-12(8-11(10)2)15(17-3)13-6-7-18-9-14(13)16/h4-9,15,17H,1-3H3. The molecule has 2 nitrogen and oxygen atoms in total. The van der Waals surface area contributed by atoms with Crippen LogP contribution in [0.1, 0.15) is 28.3 Å². The normalized spacial score (nSPS) is 12.4. The van der Waals surface area contributed by atoms with Crippen molar-refractivity contribution < 1.29 is 0 Å². The van der Waals surface area contributed by atoms with Crippen molar-refractivity contribution in [3.8, 4) is 0 Å². The van der Waals surface area contributed by atoms with Crippen LogP contribution < -0.4 is 5.32 Å². The van der Waals surface area contributed by atoms with Gasteiger partial charge in [-0.15, -0.1) is 0 Å². The molecule has 0 saturated carbocycles. The maximum atomic E-state index is 6.22. The third-order valence-electron chi connectivity index (χ3n) is 3.27. The number of nitrogens with zero attached hydrogens (tertiary/aromatic N) is 1. The highest BCUT2D eigenvalue weighted by Crippen LogP contribution is 2.28. The zero-order chi connectivity index (χ0) is 13.1. The molecule has 94 valence electrons. The van der Waals surface area contributed by atoms with E-state index in [0.29, 0.717) is 5.02 Å². The Balaban J connectivity index is 2.45. The van der Waals surface area contributed by atoms with Crippen LogP contribution in [-0.2, 0) is 0 Å². The highest BCUT2D eigenvalue weighted by atomic mass is 35.5. The van der Waals surface area contributed by atoms with Crippen LogP contribution in [0.3, 0.4) is 0 Å². The van der Waals surface area contributed by atoms with E-state index in [2.05, 4.69) is 42.3 Å². The summed E-state index contributed by atoms with van der Waals surface area (Å²) in [6.45, 7) is 4.24. The summed E-state index contributed by atoms with van der Waals surface area (Å²) in [5.74, 6) is 0. The Morgan fingerprint density at radius 2 is 1.94 bits per heavy atom. The molecule has 1 atom stereocenters. The SMILES string of the molecule is CNC(c1ccc(C)c(C)c1)c1ccncc1Cl. The Hall–Kier alpha value is -1.38. The minimum Gasteiger partial charge on any atom is -0.309 e. The van der Waals surface area contributed by atoms with E-state index >= 15 is 0 Å². The molecular weight excluding hydrogens is 244 g/mol. The number of aryl methyl sites for hydroxylation is 2. The van der Waals surface area contributed by atoms with Gasteiger partial charge in [-0.3, -0.25) is 4.98 Å². The van der Waals surface area contributed by atoms with Gasteiger partial charge in [-0.2, -0.15) is 0 Å². The lowest BCUT2D eigenvalue weighted by Gasteiger charge is -2.19. The van der Waals surface area contributed by atoms with Crippen molar-refractivity contribution in [2.24, 2.45) is 0 Å². The monoisotopic (exact) mass is 260 g/mol. The molecule has 0 radical (unpaired) electrons. The second kappa shape index (κ2) is 5.51. The molecule has 0 aliphatic heterocycles. The van der Waals surface area contributed by atoms with Gasteiger partial charge in [0.25, 0.3) is 0 Å². The molecule has 1 N–H and O–H groups in total. The molecule has 0 bridgehead atoms. The summed E-state index contributed by atoms with van der Waals surface area (Å²) in [4.78, 5) is 4.03. The summed E-state index contributed by atoms with van der Waals surface area (Å²) in [7, 11) is 1.94. The van der Waals surface area contributed by atoms with Crippen molar-refractivity contribution in [2.45, 2.75) is 19.9 Å². The van der Waals surface area contributed by atoms with Crippen molar-refractivity contribution in [1.29, 1.82) is 0 Å². The summed E-state index contributed by atoms with van der Waals surface area (Å²) in [5, 5.41) is 4.00. The summed E-state index contributed by atoms with van der Waals surface area (Å²) in [6, 6.07) is 8.54. The quantitative estimate of drug-likeness (QED) is 0.911. The molecule has 0 aliphatic rings. The Morgan fingerprint density at radius 1 is 1.17 bits per heavy atom. The third-order valence-corrected chi connectivity index (χ3v) is 3.58. The number of aromatic nitrogens is 1. The molecule has 0 fully saturated rings. The van der Waals surface area contributed by atoms with Crippen molar-refractivity contribution in [3.05, 3.63) is 63.9 Å². The topological polar surface area (TPSA) is 24.9 Å². The van der Waals surface area contributed by atoms with Gasteiger partial charge < -0.3 is 5.32 Å². The van der Waals surface area contributed by atoms with Gasteiger partial charge in [0.15, 0.2) is 0 Å². The number of benzene rings is 1. The van der Waals surface area contributed by atoms with Gasteiger partial charge in [0, 0.05) is 12.4 Å². The van der Waals surface area contributed by atoms with Crippen LogP contribution in [0.15, 0.2) is 36.7 Å². The second-order valence-corrected chi connectivity index (χ2v) is 4.87. The molecule has 2 rings (SSSR count). The minimum atomic E-state index is 0.0970. The largest absolute Gasteiger partial charge is 0.309 e. The predicted molar refractivity (Wildman–Crippen MR) is 76.1 cm³/mol. The first-order valence-corrected chi connectivity index (χ1v) is 6.35. The maximum absolute atomic E-state index is 6.22. The highest BCUT2D eigenvalue weighted by molar-refractivity contribution is 6.31. The molecular formula is C15H17ClN2. The van der Waals surface area contributed by atoms with Gasteiger partial charge in [0.2, 0.25) is 0 Å². The van der Waals surface area contributed by atoms with Gasteiger partial charge >= 0.3 is 0 Å². The van der Waals surface area contributed by atoms with Crippen LogP contribution >= 0.6 is 11.6 Å². The third kappa shape index (κ3) is 2.55. The molecule has 1 heterocycles. The first kappa shape index (κ1) is 13.1. The average Bonchev–Trinajstić information content (AvgIpc) is 2.37. The van der Waals surface area contributed by atoms with Crippen LogP contribution in [-0.4, -0.2) is 12.0 Å². The van der Waals surface area contributed by atoms with Crippen molar-refractivity contribution in [3.63, 3.8) is 0 Å². The first-order valence-electron chi connectivity index (χ1n) is 5.97. The number of hydrogen-bond acceptors (Lipinski definition) is 2. The van der Waals surface area contributed by atoms with E-state index in [1.54, 1.807) is 12.4 Å². The van der Waals surface area contributed by atoms with E-state index in [9.17, 15) is 0 Å². The van der Waals surface area contributed by atoms with Crippen LogP contribution in [0.4, 0.5) is 0 Å². The van der Waals surface area contributed by atoms with E-state index in [-0.39, 0.29) is 6.04 Å². The number of pyridine rings is 1. The van der Waals surface area contributed by atoms with E-state index in [1.807, 2.05) is 13.1 Å². The van der Waals surface area contributed by atoms with Crippen LogP contribution in [0.2, 0.25) is 5.02 Å². The zero-order valence-corrected chi connectivity index (χ0v) is 11.6. The number of halogens is 1. The Bertz CT molecular complexity index is 552. The Labute approximate surface area is 113 Å². The molecule has 2 aromatic rings. The molecule has 0 spiro atoms.